The number of aryl methyl sites for hydroxylation is 1. The molecule has 1 heterocycles. The van der Waals surface area contributed by atoms with E-state index in [0.717, 1.165) is 27.8 Å². The van der Waals surface area contributed by atoms with Gasteiger partial charge in [-0.1, -0.05) is 42.0 Å². The lowest BCUT2D eigenvalue weighted by molar-refractivity contribution is -0.125. The Labute approximate surface area is 184 Å². The fourth-order valence-corrected chi connectivity index (χ4v) is 3.68. The number of nitrogens with one attached hydrogen (secondary N) is 1. The molecule has 0 bridgehead atoms. The third kappa shape index (κ3) is 6.05. The molecule has 1 fully saturated rings. The molecular formula is C23H22N2O5S. The van der Waals surface area contributed by atoms with E-state index in [4.69, 9.17) is 4.74 Å². The SMILES string of the molecule is CC(=O)c1cccc(OCC(=O)NCCN2C(=O)SC(=Cc3ccc(C)cc3)C2=O)c1. The van der Waals surface area contributed by atoms with Crippen LogP contribution in [0, 0.1) is 6.92 Å². The number of amides is 3. The minimum Gasteiger partial charge on any atom is -0.484 e. The van der Waals surface area contributed by atoms with Crippen molar-refractivity contribution in [2.45, 2.75) is 13.8 Å². The average molecular weight is 439 g/mol. The Morgan fingerprint density at radius 1 is 1.13 bits per heavy atom. The van der Waals surface area contributed by atoms with Crippen LogP contribution < -0.4 is 10.1 Å². The second kappa shape index (κ2) is 10.1. The highest BCUT2D eigenvalue weighted by atomic mass is 32.2. The Balaban J connectivity index is 1.47. The van der Waals surface area contributed by atoms with Gasteiger partial charge in [-0.3, -0.25) is 24.1 Å². The maximum atomic E-state index is 12.5. The van der Waals surface area contributed by atoms with Crippen molar-refractivity contribution in [1.82, 2.24) is 10.2 Å². The largest absolute Gasteiger partial charge is 0.484 e. The fourth-order valence-electron chi connectivity index (χ4n) is 2.82. The van der Waals surface area contributed by atoms with Crippen LogP contribution in [0.1, 0.15) is 28.4 Å². The number of nitrogens with zero attached hydrogens (tertiary/aromatic N) is 1. The predicted octanol–water partition coefficient (Wildman–Crippen LogP) is 3.43. The number of thioether (sulfide) groups is 1. The summed E-state index contributed by atoms with van der Waals surface area (Å²) in [5.41, 5.74) is 2.45. The molecule has 2 aromatic carbocycles. The van der Waals surface area contributed by atoms with E-state index in [1.165, 1.54) is 6.92 Å². The first-order valence-electron chi connectivity index (χ1n) is 9.66. The van der Waals surface area contributed by atoms with Crippen LogP contribution in [0.5, 0.6) is 5.75 Å². The standard InChI is InChI=1S/C23H22N2O5S/c1-15-6-8-17(9-7-15)12-20-22(28)25(23(29)31-20)11-10-24-21(27)14-30-19-5-3-4-18(13-19)16(2)26/h3-9,12-13H,10-11,14H2,1-2H3,(H,24,27). The number of ether oxygens (including phenoxy) is 1. The van der Waals surface area contributed by atoms with E-state index in [1.54, 1.807) is 30.3 Å². The Hall–Kier alpha value is -3.39. The zero-order valence-electron chi connectivity index (χ0n) is 17.2. The van der Waals surface area contributed by atoms with Crippen molar-refractivity contribution >= 4 is 40.7 Å². The molecule has 31 heavy (non-hydrogen) atoms. The second-order valence-electron chi connectivity index (χ2n) is 6.97. The summed E-state index contributed by atoms with van der Waals surface area (Å²) in [6.07, 6.45) is 1.69. The van der Waals surface area contributed by atoms with Gasteiger partial charge in [-0.2, -0.15) is 0 Å². The summed E-state index contributed by atoms with van der Waals surface area (Å²) in [5, 5.41) is 2.26. The monoisotopic (exact) mass is 438 g/mol. The zero-order valence-corrected chi connectivity index (χ0v) is 18.0. The van der Waals surface area contributed by atoms with E-state index >= 15 is 0 Å². The van der Waals surface area contributed by atoms with Crippen LogP contribution >= 0.6 is 11.8 Å². The smallest absolute Gasteiger partial charge is 0.293 e. The molecule has 0 radical (unpaired) electrons. The lowest BCUT2D eigenvalue weighted by Crippen LogP contribution is -2.38. The van der Waals surface area contributed by atoms with E-state index in [9.17, 15) is 19.2 Å². The number of Topliss-reactive ketones (excluding diaryl/α,β-unsaturated/α-hetero) is 1. The molecule has 3 amide bonds. The lowest BCUT2D eigenvalue weighted by Gasteiger charge is -2.13. The summed E-state index contributed by atoms with van der Waals surface area (Å²) in [6.45, 7) is 3.37. The maximum absolute atomic E-state index is 12.5. The van der Waals surface area contributed by atoms with Gasteiger partial charge in [-0.05, 0) is 49.4 Å². The van der Waals surface area contributed by atoms with Crippen molar-refractivity contribution in [2.24, 2.45) is 0 Å². The quantitative estimate of drug-likeness (QED) is 0.501. The van der Waals surface area contributed by atoms with Crippen LogP contribution in [0.3, 0.4) is 0 Å². The van der Waals surface area contributed by atoms with Crippen LogP contribution in [0.15, 0.2) is 53.4 Å². The lowest BCUT2D eigenvalue weighted by atomic mass is 10.1. The van der Waals surface area contributed by atoms with Crippen molar-refractivity contribution in [1.29, 1.82) is 0 Å². The molecule has 0 atom stereocenters. The van der Waals surface area contributed by atoms with Gasteiger partial charge < -0.3 is 10.1 Å². The van der Waals surface area contributed by atoms with Gasteiger partial charge in [0.25, 0.3) is 17.1 Å². The van der Waals surface area contributed by atoms with Gasteiger partial charge in [0.05, 0.1) is 4.91 Å². The molecule has 0 aromatic heterocycles. The molecular weight excluding hydrogens is 416 g/mol. The van der Waals surface area contributed by atoms with Gasteiger partial charge in [0.2, 0.25) is 0 Å². The first kappa shape index (κ1) is 22.3. The first-order valence-corrected chi connectivity index (χ1v) is 10.5. The van der Waals surface area contributed by atoms with Gasteiger partial charge in [0.1, 0.15) is 5.75 Å². The third-order valence-electron chi connectivity index (χ3n) is 4.52. The number of imide groups is 1. The highest BCUT2D eigenvalue weighted by molar-refractivity contribution is 8.18. The second-order valence-corrected chi connectivity index (χ2v) is 7.96. The number of hydrogen-bond donors (Lipinski definition) is 1. The van der Waals surface area contributed by atoms with Gasteiger partial charge >= 0.3 is 0 Å². The molecule has 0 saturated carbocycles. The molecule has 2 aromatic rings. The Morgan fingerprint density at radius 3 is 2.58 bits per heavy atom. The molecule has 8 heteroatoms. The fraction of sp³-hybridized carbons (Fsp3) is 0.217. The average Bonchev–Trinajstić information content (AvgIpc) is 3.01. The number of hydrogen-bond acceptors (Lipinski definition) is 6. The van der Waals surface area contributed by atoms with Crippen LogP contribution in [-0.4, -0.2) is 47.4 Å². The van der Waals surface area contributed by atoms with E-state index in [0.29, 0.717) is 16.2 Å². The molecule has 0 spiro atoms. The molecule has 0 aliphatic carbocycles. The van der Waals surface area contributed by atoms with Crippen molar-refractivity contribution in [3.63, 3.8) is 0 Å². The Morgan fingerprint density at radius 2 is 1.87 bits per heavy atom. The Bertz CT molecular complexity index is 1050. The van der Waals surface area contributed by atoms with Crippen molar-refractivity contribution in [3.05, 3.63) is 70.1 Å². The first-order chi connectivity index (χ1) is 14.8. The summed E-state index contributed by atoms with van der Waals surface area (Å²) < 4.78 is 5.39. The molecule has 7 nitrogen and oxygen atoms in total. The van der Waals surface area contributed by atoms with E-state index < -0.39 is 5.91 Å². The summed E-state index contributed by atoms with van der Waals surface area (Å²) in [5.74, 6) is -0.448. The summed E-state index contributed by atoms with van der Waals surface area (Å²) in [7, 11) is 0. The Kier molecular flexibility index (Phi) is 7.25. The number of rotatable bonds is 8. The normalized spacial score (nSPS) is 14.8. The van der Waals surface area contributed by atoms with Crippen molar-refractivity contribution in [2.75, 3.05) is 19.7 Å². The van der Waals surface area contributed by atoms with E-state index in [2.05, 4.69) is 5.32 Å². The van der Waals surface area contributed by atoms with Crippen LogP contribution in [-0.2, 0) is 9.59 Å². The molecule has 160 valence electrons. The van der Waals surface area contributed by atoms with Crippen LogP contribution in [0.25, 0.3) is 6.08 Å². The predicted molar refractivity (Wildman–Crippen MR) is 119 cm³/mol. The van der Waals surface area contributed by atoms with Crippen molar-refractivity contribution in [3.8, 4) is 5.75 Å². The number of ketones is 1. The minimum absolute atomic E-state index is 0.0709. The maximum Gasteiger partial charge on any atom is 0.293 e. The van der Waals surface area contributed by atoms with Gasteiger partial charge in [0.15, 0.2) is 12.4 Å². The van der Waals surface area contributed by atoms with Crippen molar-refractivity contribution < 1.29 is 23.9 Å². The number of benzene rings is 2. The highest BCUT2D eigenvalue weighted by Crippen LogP contribution is 2.31. The molecule has 1 N–H and O–H groups in total. The van der Waals surface area contributed by atoms with Gasteiger partial charge in [0, 0.05) is 18.7 Å². The van der Waals surface area contributed by atoms with E-state index in [1.807, 2.05) is 31.2 Å². The van der Waals surface area contributed by atoms with Gasteiger partial charge in [-0.15, -0.1) is 0 Å². The molecule has 1 saturated heterocycles. The molecule has 0 unspecified atom stereocenters. The zero-order chi connectivity index (χ0) is 22.4. The highest BCUT2D eigenvalue weighted by Gasteiger charge is 2.34. The summed E-state index contributed by atoms with van der Waals surface area (Å²) >= 11 is 0.884. The minimum atomic E-state index is -0.393. The third-order valence-corrected chi connectivity index (χ3v) is 5.42. The van der Waals surface area contributed by atoms with E-state index in [-0.39, 0.29) is 36.6 Å². The van der Waals surface area contributed by atoms with Crippen LogP contribution in [0.2, 0.25) is 0 Å². The molecule has 3 rings (SSSR count). The molecule has 1 aliphatic rings. The molecule has 1 aliphatic heterocycles. The number of carbonyl (C=O) groups excluding carboxylic acids is 4. The number of carbonyl (C=O) groups is 4. The topological polar surface area (TPSA) is 92.8 Å². The summed E-state index contributed by atoms with van der Waals surface area (Å²) in [6, 6.07) is 14.2. The summed E-state index contributed by atoms with van der Waals surface area (Å²) in [4.78, 5) is 49.5. The van der Waals surface area contributed by atoms with Gasteiger partial charge in [-0.25, -0.2) is 0 Å². The van der Waals surface area contributed by atoms with Crippen LogP contribution in [0.4, 0.5) is 4.79 Å².